The summed E-state index contributed by atoms with van der Waals surface area (Å²) < 4.78 is 5.05. The molecule has 0 aliphatic heterocycles. The average Bonchev–Trinajstić information content (AvgIpc) is 2.47. The lowest BCUT2D eigenvalue weighted by molar-refractivity contribution is -0.387. The van der Waals surface area contributed by atoms with Gasteiger partial charge in [-0.05, 0) is 18.2 Å². The molecule has 108 valence electrons. The molecule has 7 heteroatoms. The van der Waals surface area contributed by atoms with Gasteiger partial charge in [-0.15, -0.1) is 0 Å². The van der Waals surface area contributed by atoms with Gasteiger partial charge >= 0.3 is 5.97 Å². The van der Waals surface area contributed by atoms with Crippen molar-refractivity contribution >= 4 is 23.4 Å². The first-order valence-electron chi connectivity index (χ1n) is 5.85. The van der Waals surface area contributed by atoms with Crippen molar-refractivity contribution in [2.75, 3.05) is 7.11 Å². The number of carboxylic acids is 1. The maximum Gasteiger partial charge on any atom is 0.336 e. The van der Waals surface area contributed by atoms with Crippen molar-refractivity contribution in [3.05, 3.63) is 58.1 Å². The second kappa shape index (κ2) is 6.27. The van der Waals surface area contributed by atoms with E-state index in [0.29, 0.717) is 15.5 Å². The lowest BCUT2D eigenvalue weighted by Crippen LogP contribution is -1.98. The fraction of sp³-hybridized carbons (Fsp3) is 0.0714. The number of nitro groups is 1. The second-order valence-corrected chi connectivity index (χ2v) is 5.08. The maximum absolute atomic E-state index is 11.2. The van der Waals surface area contributed by atoms with E-state index in [4.69, 9.17) is 9.84 Å². The Kier molecular flexibility index (Phi) is 4.44. The zero-order valence-electron chi connectivity index (χ0n) is 11.0. The summed E-state index contributed by atoms with van der Waals surface area (Å²) in [7, 11) is 1.46. The topological polar surface area (TPSA) is 89.7 Å². The Balaban J connectivity index is 2.48. The van der Waals surface area contributed by atoms with Gasteiger partial charge in [-0.1, -0.05) is 23.9 Å². The highest BCUT2D eigenvalue weighted by atomic mass is 32.2. The molecule has 0 unspecified atom stereocenters. The molecule has 0 bridgehead atoms. The van der Waals surface area contributed by atoms with Crippen LogP contribution >= 0.6 is 11.8 Å². The minimum absolute atomic E-state index is 0.0963. The first-order chi connectivity index (χ1) is 10.0. The van der Waals surface area contributed by atoms with E-state index in [9.17, 15) is 14.9 Å². The molecule has 0 heterocycles. The molecule has 0 aromatic heterocycles. The molecular weight excluding hydrogens is 294 g/mol. The van der Waals surface area contributed by atoms with Crippen LogP contribution in [0.5, 0.6) is 5.75 Å². The fourth-order valence-electron chi connectivity index (χ4n) is 1.70. The van der Waals surface area contributed by atoms with E-state index in [1.54, 1.807) is 18.2 Å². The minimum Gasteiger partial charge on any atom is -0.497 e. The molecule has 1 N–H and O–H groups in total. The highest BCUT2D eigenvalue weighted by molar-refractivity contribution is 7.99. The van der Waals surface area contributed by atoms with E-state index in [-0.39, 0.29) is 11.3 Å². The lowest BCUT2D eigenvalue weighted by atomic mass is 10.2. The molecule has 2 rings (SSSR count). The van der Waals surface area contributed by atoms with E-state index in [1.165, 1.54) is 31.4 Å². The lowest BCUT2D eigenvalue weighted by Gasteiger charge is -2.07. The molecule has 0 aliphatic carbocycles. The zero-order valence-corrected chi connectivity index (χ0v) is 11.8. The molecule has 2 aromatic carbocycles. The van der Waals surface area contributed by atoms with E-state index in [1.807, 2.05) is 0 Å². The summed E-state index contributed by atoms with van der Waals surface area (Å²) in [5.41, 5.74) is 0.000565. The molecule has 0 spiro atoms. The third kappa shape index (κ3) is 3.32. The molecule has 0 aliphatic rings. The van der Waals surface area contributed by atoms with Gasteiger partial charge in [0.05, 0.1) is 22.5 Å². The number of aromatic carboxylic acids is 1. The van der Waals surface area contributed by atoms with E-state index in [2.05, 4.69) is 0 Å². The van der Waals surface area contributed by atoms with E-state index >= 15 is 0 Å². The van der Waals surface area contributed by atoms with Gasteiger partial charge in [0.25, 0.3) is 5.69 Å². The van der Waals surface area contributed by atoms with Gasteiger partial charge < -0.3 is 9.84 Å². The summed E-state index contributed by atoms with van der Waals surface area (Å²) in [5.74, 6) is -0.612. The number of nitro benzene ring substituents is 1. The highest BCUT2D eigenvalue weighted by Gasteiger charge is 2.18. The Morgan fingerprint density at radius 1 is 1.24 bits per heavy atom. The molecule has 0 fully saturated rings. The average molecular weight is 305 g/mol. The van der Waals surface area contributed by atoms with E-state index < -0.39 is 10.9 Å². The van der Waals surface area contributed by atoms with Gasteiger partial charge in [-0.2, -0.15) is 0 Å². The predicted molar refractivity (Wildman–Crippen MR) is 77.2 cm³/mol. The number of carboxylic acid groups (broad SMARTS) is 1. The first kappa shape index (κ1) is 14.9. The predicted octanol–water partition coefficient (Wildman–Crippen LogP) is 3.45. The van der Waals surface area contributed by atoms with Gasteiger partial charge in [-0.25, -0.2) is 4.79 Å². The van der Waals surface area contributed by atoms with Crippen molar-refractivity contribution in [1.29, 1.82) is 0 Å². The minimum atomic E-state index is -1.08. The standard InChI is InChI=1S/C14H11NO5S/c1-20-9-6-7-11(15(18)19)13(8-9)21-12-5-3-2-4-10(12)14(16)17/h2-8H,1H3,(H,16,17). The number of benzene rings is 2. The van der Waals surface area contributed by atoms with Crippen LogP contribution in [0.1, 0.15) is 10.4 Å². The van der Waals surface area contributed by atoms with Crippen molar-refractivity contribution in [3.63, 3.8) is 0 Å². The molecule has 6 nitrogen and oxygen atoms in total. The third-order valence-corrected chi connectivity index (χ3v) is 3.82. The summed E-state index contributed by atoms with van der Waals surface area (Å²) in [5, 5.41) is 20.2. The summed E-state index contributed by atoms with van der Waals surface area (Å²) in [6.07, 6.45) is 0. The van der Waals surface area contributed by atoms with Crippen LogP contribution in [-0.4, -0.2) is 23.1 Å². The summed E-state index contributed by atoms with van der Waals surface area (Å²) in [6, 6.07) is 10.7. The SMILES string of the molecule is COc1ccc([N+](=O)[O-])c(Sc2ccccc2C(=O)O)c1. The van der Waals surface area contributed by atoms with Crippen molar-refractivity contribution < 1.29 is 19.6 Å². The van der Waals surface area contributed by atoms with Crippen molar-refractivity contribution in [1.82, 2.24) is 0 Å². The molecule has 21 heavy (non-hydrogen) atoms. The molecule has 0 saturated carbocycles. The molecular formula is C14H11NO5S. The largest absolute Gasteiger partial charge is 0.497 e. The Bertz CT molecular complexity index is 702. The van der Waals surface area contributed by atoms with Crippen LogP contribution in [-0.2, 0) is 0 Å². The zero-order chi connectivity index (χ0) is 15.4. The summed E-state index contributed by atoms with van der Waals surface area (Å²) in [6.45, 7) is 0. The number of hydrogen-bond donors (Lipinski definition) is 1. The fourth-order valence-corrected chi connectivity index (χ4v) is 2.78. The number of hydrogen-bond acceptors (Lipinski definition) is 5. The van der Waals surface area contributed by atoms with Crippen LogP contribution in [0.2, 0.25) is 0 Å². The quantitative estimate of drug-likeness (QED) is 0.672. The van der Waals surface area contributed by atoms with Crippen LogP contribution in [0.3, 0.4) is 0 Å². The Morgan fingerprint density at radius 3 is 2.57 bits per heavy atom. The first-order valence-corrected chi connectivity index (χ1v) is 6.67. The Hall–Kier alpha value is -2.54. The number of rotatable bonds is 5. The van der Waals surface area contributed by atoms with Gasteiger partial charge in [0.1, 0.15) is 5.75 Å². The monoisotopic (exact) mass is 305 g/mol. The molecule has 0 atom stereocenters. The number of nitrogens with zero attached hydrogens (tertiary/aromatic N) is 1. The maximum atomic E-state index is 11.2. The van der Waals surface area contributed by atoms with Crippen molar-refractivity contribution in [3.8, 4) is 5.75 Å². The summed E-state index contributed by atoms with van der Waals surface area (Å²) >= 11 is 1.02. The third-order valence-electron chi connectivity index (χ3n) is 2.70. The van der Waals surface area contributed by atoms with Crippen LogP contribution in [0, 0.1) is 10.1 Å². The number of methoxy groups -OCH3 is 1. The van der Waals surface area contributed by atoms with Crippen molar-refractivity contribution in [2.24, 2.45) is 0 Å². The van der Waals surface area contributed by atoms with Gasteiger partial charge in [0.2, 0.25) is 0 Å². The highest BCUT2D eigenvalue weighted by Crippen LogP contribution is 2.38. The van der Waals surface area contributed by atoms with Gasteiger partial charge in [-0.3, -0.25) is 10.1 Å². The van der Waals surface area contributed by atoms with Crippen molar-refractivity contribution in [2.45, 2.75) is 9.79 Å². The van der Waals surface area contributed by atoms with Gasteiger partial charge in [0, 0.05) is 17.0 Å². The van der Waals surface area contributed by atoms with Gasteiger partial charge in [0.15, 0.2) is 0 Å². The molecule has 0 radical (unpaired) electrons. The van der Waals surface area contributed by atoms with Crippen LogP contribution in [0.4, 0.5) is 5.69 Å². The van der Waals surface area contributed by atoms with Crippen LogP contribution in [0.25, 0.3) is 0 Å². The van der Waals surface area contributed by atoms with Crippen LogP contribution < -0.4 is 4.74 Å². The Labute approximate surface area is 124 Å². The smallest absolute Gasteiger partial charge is 0.336 e. The number of carbonyl (C=O) groups is 1. The van der Waals surface area contributed by atoms with Crippen LogP contribution in [0.15, 0.2) is 52.3 Å². The molecule has 2 aromatic rings. The summed E-state index contributed by atoms with van der Waals surface area (Å²) in [4.78, 5) is 22.5. The molecule has 0 amide bonds. The normalized spacial score (nSPS) is 10.1. The second-order valence-electron chi connectivity index (χ2n) is 3.99. The number of ether oxygens (including phenoxy) is 1. The van der Waals surface area contributed by atoms with E-state index in [0.717, 1.165) is 11.8 Å². The molecule has 0 saturated heterocycles. The Morgan fingerprint density at radius 2 is 1.95 bits per heavy atom.